The number of allylic oxidation sites excluding steroid dienone is 1. The molecular weight excluding hydrogens is 376 g/mol. The monoisotopic (exact) mass is 398 g/mol. The summed E-state index contributed by atoms with van der Waals surface area (Å²) in [6, 6.07) is 16.6. The molecule has 144 valence electrons. The van der Waals surface area contributed by atoms with Gasteiger partial charge in [-0.25, -0.2) is 4.98 Å². The van der Waals surface area contributed by atoms with Crippen LogP contribution in [0.15, 0.2) is 53.3 Å². The summed E-state index contributed by atoms with van der Waals surface area (Å²) in [6.07, 6.45) is 3.05. The summed E-state index contributed by atoms with van der Waals surface area (Å²) < 4.78 is 1.86. The van der Waals surface area contributed by atoms with Gasteiger partial charge in [0.2, 0.25) is 0 Å². The molecule has 0 unspecified atom stereocenters. The molecule has 1 aliphatic rings. The third kappa shape index (κ3) is 2.95. The van der Waals surface area contributed by atoms with E-state index in [0.717, 1.165) is 44.0 Å². The molecule has 5 rings (SSSR count). The van der Waals surface area contributed by atoms with Gasteiger partial charge in [-0.15, -0.1) is 11.3 Å². The van der Waals surface area contributed by atoms with Crippen molar-refractivity contribution in [1.82, 2.24) is 9.55 Å². The minimum atomic E-state index is 0.0811. The van der Waals surface area contributed by atoms with E-state index in [4.69, 9.17) is 4.98 Å². The van der Waals surface area contributed by atoms with Gasteiger partial charge in [0.1, 0.15) is 10.7 Å². The van der Waals surface area contributed by atoms with Gasteiger partial charge in [0.05, 0.1) is 5.39 Å². The molecule has 0 bridgehead atoms. The summed E-state index contributed by atoms with van der Waals surface area (Å²) in [4.78, 5) is 20.4. The fourth-order valence-electron chi connectivity index (χ4n) is 4.18. The predicted octanol–water partition coefficient (Wildman–Crippen LogP) is 5.99. The second-order valence-electron chi connectivity index (χ2n) is 7.75. The van der Waals surface area contributed by atoms with Crippen molar-refractivity contribution in [2.45, 2.75) is 33.7 Å². The predicted molar refractivity (Wildman–Crippen MR) is 122 cm³/mol. The molecule has 0 N–H and O–H groups in total. The summed E-state index contributed by atoms with van der Waals surface area (Å²) >= 11 is 1.62. The van der Waals surface area contributed by atoms with Crippen LogP contribution in [0.25, 0.3) is 33.0 Å². The molecule has 0 fully saturated rings. The maximum absolute atomic E-state index is 13.4. The fraction of sp³-hybridized carbons (Fsp3) is 0.200. The molecule has 0 amide bonds. The normalized spacial score (nSPS) is 14.7. The molecule has 3 heterocycles. The lowest BCUT2D eigenvalue weighted by molar-refractivity contribution is 0.726. The van der Waals surface area contributed by atoms with Crippen molar-refractivity contribution in [2.75, 3.05) is 0 Å². The number of thiophene rings is 1. The molecular formula is C25H22N2OS. The third-order valence-corrected chi connectivity index (χ3v) is 6.71. The average Bonchev–Trinajstić information content (AvgIpc) is 3.26. The first-order valence-electron chi connectivity index (χ1n) is 9.90. The molecule has 1 aliphatic heterocycles. The van der Waals surface area contributed by atoms with Gasteiger partial charge in [0.15, 0.2) is 0 Å². The number of aryl methyl sites for hydroxylation is 3. The van der Waals surface area contributed by atoms with E-state index in [0.29, 0.717) is 6.54 Å². The molecule has 0 spiro atoms. The fourth-order valence-corrected chi connectivity index (χ4v) is 5.22. The third-order valence-electron chi connectivity index (χ3n) is 5.71. The molecule has 3 nitrogen and oxygen atoms in total. The first-order valence-corrected chi connectivity index (χ1v) is 10.7. The van der Waals surface area contributed by atoms with Crippen LogP contribution in [0.4, 0.5) is 0 Å². The Morgan fingerprint density at radius 2 is 1.86 bits per heavy atom. The van der Waals surface area contributed by atoms with Crippen molar-refractivity contribution < 1.29 is 0 Å². The van der Waals surface area contributed by atoms with Gasteiger partial charge in [-0.1, -0.05) is 54.1 Å². The van der Waals surface area contributed by atoms with Gasteiger partial charge < -0.3 is 0 Å². The molecule has 2 aromatic heterocycles. The Labute approximate surface area is 174 Å². The zero-order chi connectivity index (χ0) is 20.1. The molecule has 0 radical (unpaired) electrons. The first-order chi connectivity index (χ1) is 14.0. The van der Waals surface area contributed by atoms with E-state index in [9.17, 15) is 4.79 Å². The Bertz CT molecular complexity index is 1340. The quantitative estimate of drug-likeness (QED) is 0.415. The van der Waals surface area contributed by atoms with Gasteiger partial charge >= 0.3 is 0 Å². The number of fused-ring (bicyclic) bond motifs is 2. The zero-order valence-electron chi connectivity index (χ0n) is 16.8. The van der Waals surface area contributed by atoms with Crippen LogP contribution in [-0.2, 0) is 6.54 Å². The Kier molecular flexibility index (Phi) is 4.25. The van der Waals surface area contributed by atoms with Crippen LogP contribution in [0.3, 0.4) is 0 Å². The highest BCUT2D eigenvalue weighted by Gasteiger charge is 2.24. The van der Waals surface area contributed by atoms with Crippen molar-refractivity contribution in [1.29, 1.82) is 0 Å². The van der Waals surface area contributed by atoms with Gasteiger partial charge in [-0.2, -0.15) is 0 Å². The van der Waals surface area contributed by atoms with Gasteiger partial charge in [-0.3, -0.25) is 9.36 Å². The van der Waals surface area contributed by atoms with E-state index in [1.165, 1.54) is 16.7 Å². The lowest BCUT2D eigenvalue weighted by Crippen LogP contribution is -2.20. The standard InChI is InChI=1S/C25H22N2OS/c1-15-9-10-16(2)20(13-15)14-19-11-12-27-23(19)26-24-22(25(27)28)21(17(3)29-24)18-7-5-4-6-8-18/h4-10,13-14H,11-12H2,1-3H3/b19-14-. The second-order valence-corrected chi connectivity index (χ2v) is 8.95. The summed E-state index contributed by atoms with van der Waals surface area (Å²) in [6.45, 7) is 7.00. The SMILES string of the molecule is Cc1ccc(C)c(/C=C2/CCn3c2nc2sc(C)c(-c4ccccc4)c2c3=O)c1. The molecule has 0 saturated heterocycles. The summed E-state index contributed by atoms with van der Waals surface area (Å²) in [5.41, 5.74) is 7.02. The maximum atomic E-state index is 13.4. The van der Waals surface area contributed by atoms with E-state index in [2.05, 4.69) is 57.2 Å². The summed E-state index contributed by atoms with van der Waals surface area (Å²) in [5, 5.41) is 0.760. The number of rotatable bonds is 2. The molecule has 4 aromatic rings. The number of aromatic nitrogens is 2. The minimum Gasteiger partial charge on any atom is -0.292 e. The highest BCUT2D eigenvalue weighted by atomic mass is 32.1. The molecule has 0 saturated carbocycles. The topological polar surface area (TPSA) is 34.9 Å². The van der Waals surface area contributed by atoms with E-state index < -0.39 is 0 Å². The van der Waals surface area contributed by atoms with Crippen molar-refractivity contribution in [3.8, 4) is 11.1 Å². The van der Waals surface area contributed by atoms with Crippen LogP contribution in [-0.4, -0.2) is 9.55 Å². The highest BCUT2D eigenvalue weighted by Crippen LogP contribution is 2.37. The second kappa shape index (κ2) is 6.82. The first kappa shape index (κ1) is 18.1. The number of hydrogen-bond donors (Lipinski definition) is 0. The van der Waals surface area contributed by atoms with Gasteiger partial charge in [-0.05, 0) is 55.5 Å². The Morgan fingerprint density at radius 3 is 2.66 bits per heavy atom. The lowest BCUT2D eigenvalue weighted by atomic mass is 10.0. The van der Waals surface area contributed by atoms with Crippen LogP contribution < -0.4 is 5.56 Å². The van der Waals surface area contributed by atoms with Crippen molar-refractivity contribution in [3.63, 3.8) is 0 Å². The minimum absolute atomic E-state index is 0.0811. The number of hydrogen-bond acceptors (Lipinski definition) is 3. The maximum Gasteiger partial charge on any atom is 0.263 e. The van der Waals surface area contributed by atoms with E-state index >= 15 is 0 Å². The van der Waals surface area contributed by atoms with Crippen molar-refractivity contribution >= 4 is 33.2 Å². The molecule has 4 heteroatoms. The molecule has 29 heavy (non-hydrogen) atoms. The van der Waals surface area contributed by atoms with Gasteiger partial charge in [0, 0.05) is 17.0 Å². The Morgan fingerprint density at radius 1 is 1.07 bits per heavy atom. The van der Waals surface area contributed by atoms with Crippen molar-refractivity contribution in [2.24, 2.45) is 0 Å². The molecule has 0 atom stereocenters. The number of nitrogens with zero attached hydrogens (tertiary/aromatic N) is 2. The van der Waals surface area contributed by atoms with Crippen molar-refractivity contribution in [3.05, 3.63) is 86.3 Å². The van der Waals surface area contributed by atoms with Crippen LogP contribution in [0.2, 0.25) is 0 Å². The van der Waals surface area contributed by atoms with Crippen LogP contribution in [0.5, 0.6) is 0 Å². The molecule has 2 aromatic carbocycles. The summed E-state index contributed by atoms with van der Waals surface area (Å²) in [7, 11) is 0. The van der Waals surface area contributed by atoms with Crippen LogP contribution in [0.1, 0.15) is 33.8 Å². The number of benzene rings is 2. The summed E-state index contributed by atoms with van der Waals surface area (Å²) in [5.74, 6) is 0.823. The molecule has 0 aliphatic carbocycles. The van der Waals surface area contributed by atoms with E-state index in [-0.39, 0.29) is 5.56 Å². The van der Waals surface area contributed by atoms with E-state index in [1.54, 1.807) is 11.3 Å². The average molecular weight is 399 g/mol. The largest absolute Gasteiger partial charge is 0.292 e. The zero-order valence-corrected chi connectivity index (χ0v) is 17.6. The van der Waals surface area contributed by atoms with E-state index in [1.807, 2.05) is 22.8 Å². The highest BCUT2D eigenvalue weighted by molar-refractivity contribution is 7.19. The smallest absolute Gasteiger partial charge is 0.263 e. The Hall–Kier alpha value is -2.98. The Balaban J connectivity index is 1.72. The van der Waals surface area contributed by atoms with Gasteiger partial charge in [0.25, 0.3) is 5.56 Å². The van der Waals surface area contributed by atoms with Crippen LogP contribution in [0, 0.1) is 20.8 Å². The van der Waals surface area contributed by atoms with Crippen LogP contribution >= 0.6 is 11.3 Å². The lowest BCUT2D eigenvalue weighted by Gasteiger charge is -2.06.